The molecule has 1 heterocycles. The standard InChI is InChI=1S/C12H10Br2FN3/c1-6-10(15)12(16-2)18-11(17-6)7-3-4-8(13)9(14)5-7/h3-5H,1-2H3,(H,16,17,18). The van der Waals surface area contributed by atoms with Gasteiger partial charge in [0, 0.05) is 21.6 Å². The normalized spacial score (nSPS) is 10.5. The lowest BCUT2D eigenvalue weighted by molar-refractivity contribution is 0.607. The predicted octanol–water partition coefficient (Wildman–Crippen LogP) is 4.16. The van der Waals surface area contributed by atoms with Gasteiger partial charge in [-0.15, -0.1) is 0 Å². The lowest BCUT2D eigenvalue weighted by Gasteiger charge is -2.08. The summed E-state index contributed by atoms with van der Waals surface area (Å²) in [7, 11) is 1.63. The fourth-order valence-electron chi connectivity index (χ4n) is 1.49. The molecule has 1 N–H and O–H groups in total. The van der Waals surface area contributed by atoms with E-state index in [1.54, 1.807) is 14.0 Å². The second-order valence-corrected chi connectivity index (χ2v) is 5.38. The Labute approximate surface area is 121 Å². The Morgan fingerprint density at radius 2 is 1.89 bits per heavy atom. The third-order valence-corrected chi connectivity index (χ3v) is 4.31. The van der Waals surface area contributed by atoms with Crippen LogP contribution in [-0.4, -0.2) is 17.0 Å². The van der Waals surface area contributed by atoms with Crippen molar-refractivity contribution < 1.29 is 4.39 Å². The molecule has 0 bridgehead atoms. The molecule has 2 aromatic rings. The van der Waals surface area contributed by atoms with Gasteiger partial charge in [-0.2, -0.15) is 0 Å². The molecule has 94 valence electrons. The number of nitrogens with one attached hydrogen (secondary N) is 1. The van der Waals surface area contributed by atoms with E-state index in [9.17, 15) is 4.39 Å². The molecule has 0 saturated heterocycles. The Kier molecular flexibility index (Phi) is 3.97. The number of anilines is 1. The molecule has 1 aromatic carbocycles. The van der Waals surface area contributed by atoms with Crippen LogP contribution in [0.4, 0.5) is 10.2 Å². The van der Waals surface area contributed by atoms with E-state index < -0.39 is 5.82 Å². The Morgan fingerprint density at radius 3 is 2.50 bits per heavy atom. The first-order valence-corrected chi connectivity index (χ1v) is 6.79. The SMILES string of the molecule is CNc1nc(-c2ccc(Br)c(Br)c2)nc(C)c1F. The van der Waals surface area contributed by atoms with Gasteiger partial charge in [0.1, 0.15) is 0 Å². The fraction of sp³-hybridized carbons (Fsp3) is 0.167. The molecule has 18 heavy (non-hydrogen) atoms. The van der Waals surface area contributed by atoms with Crippen molar-refractivity contribution in [1.82, 2.24) is 9.97 Å². The number of halogens is 3. The van der Waals surface area contributed by atoms with Crippen LogP contribution in [0.5, 0.6) is 0 Å². The van der Waals surface area contributed by atoms with E-state index in [0.717, 1.165) is 14.5 Å². The van der Waals surface area contributed by atoms with Gasteiger partial charge in [0.15, 0.2) is 17.5 Å². The summed E-state index contributed by atoms with van der Waals surface area (Å²) in [4.78, 5) is 8.32. The van der Waals surface area contributed by atoms with Crippen LogP contribution < -0.4 is 5.32 Å². The van der Waals surface area contributed by atoms with Gasteiger partial charge in [0.25, 0.3) is 0 Å². The highest BCUT2D eigenvalue weighted by Crippen LogP contribution is 2.28. The molecule has 0 radical (unpaired) electrons. The largest absolute Gasteiger partial charge is 0.371 e. The molecule has 2 rings (SSSR count). The first kappa shape index (κ1) is 13.4. The lowest BCUT2D eigenvalue weighted by atomic mass is 10.2. The molecule has 0 aliphatic carbocycles. The highest BCUT2D eigenvalue weighted by atomic mass is 79.9. The topological polar surface area (TPSA) is 37.8 Å². The third-order valence-electron chi connectivity index (χ3n) is 2.43. The van der Waals surface area contributed by atoms with Gasteiger partial charge in [0.2, 0.25) is 0 Å². The monoisotopic (exact) mass is 373 g/mol. The third kappa shape index (κ3) is 2.54. The Balaban J connectivity index is 2.57. The number of aryl methyl sites for hydroxylation is 1. The zero-order valence-electron chi connectivity index (χ0n) is 9.76. The van der Waals surface area contributed by atoms with Gasteiger partial charge in [-0.25, -0.2) is 14.4 Å². The quantitative estimate of drug-likeness (QED) is 0.857. The Morgan fingerprint density at radius 1 is 1.17 bits per heavy atom. The van der Waals surface area contributed by atoms with Gasteiger partial charge < -0.3 is 5.32 Å². The van der Waals surface area contributed by atoms with E-state index in [1.165, 1.54) is 0 Å². The summed E-state index contributed by atoms with van der Waals surface area (Å²) in [6, 6.07) is 5.65. The maximum absolute atomic E-state index is 13.6. The first-order valence-electron chi connectivity index (χ1n) is 5.20. The van der Waals surface area contributed by atoms with Crippen molar-refractivity contribution in [2.75, 3.05) is 12.4 Å². The average molecular weight is 375 g/mol. The van der Waals surface area contributed by atoms with E-state index in [-0.39, 0.29) is 5.82 Å². The molecule has 1 aromatic heterocycles. The molecular weight excluding hydrogens is 365 g/mol. The van der Waals surface area contributed by atoms with Gasteiger partial charge in [-0.05, 0) is 57.0 Å². The maximum atomic E-state index is 13.6. The van der Waals surface area contributed by atoms with Gasteiger partial charge in [-0.1, -0.05) is 0 Å². The van der Waals surface area contributed by atoms with Gasteiger partial charge in [-0.3, -0.25) is 0 Å². The summed E-state index contributed by atoms with van der Waals surface area (Å²) in [6.45, 7) is 1.62. The second-order valence-electron chi connectivity index (χ2n) is 3.67. The van der Waals surface area contributed by atoms with E-state index in [0.29, 0.717) is 11.5 Å². The van der Waals surface area contributed by atoms with Crippen LogP contribution in [0.15, 0.2) is 27.1 Å². The van der Waals surface area contributed by atoms with Gasteiger partial charge in [0.05, 0.1) is 5.69 Å². The molecule has 3 nitrogen and oxygen atoms in total. The number of aromatic nitrogens is 2. The van der Waals surface area contributed by atoms with E-state index in [2.05, 4.69) is 47.1 Å². The fourth-order valence-corrected chi connectivity index (χ4v) is 2.11. The number of hydrogen-bond donors (Lipinski definition) is 1. The van der Waals surface area contributed by atoms with E-state index in [1.807, 2.05) is 18.2 Å². The van der Waals surface area contributed by atoms with Crippen LogP contribution in [0, 0.1) is 12.7 Å². The van der Waals surface area contributed by atoms with Crippen molar-refractivity contribution in [1.29, 1.82) is 0 Å². The van der Waals surface area contributed by atoms with Crippen LogP contribution in [0.25, 0.3) is 11.4 Å². The summed E-state index contributed by atoms with van der Waals surface area (Å²) in [5.41, 5.74) is 1.15. The smallest absolute Gasteiger partial charge is 0.186 e. The van der Waals surface area contributed by atoms with Crippen LogP contribution in [0.2, 0.25) is 0 Å². The first-order chi connectivity index (χ1) is 8.52. The summed E-state index contributed by atoms with van der Waals surface area (Å²) in [5.74, 6) is 0.278. The molecule has 0 unspecified atom stereocenters. The zero-order valence-corrected chi connectivity index (χ0v) is 12.9. The van der Waals surface area contributed by atoms with Crippen molar-refractivity contribution >= 4 is 37.7 Å². The highest BCUT2D eigenvalue weighted by Gasteiger charge is 2.12. The molecule has 0 aliphatic rings. The van der Waals surface area contributed by atoms with Crippen molar-refractivity contribution in [3.8, 4) is 11.4 Å². The van der Waals surface area contributed by atoms with Crippen LogP contribution in [0.1, 0.15) is 5.69 Å². The van der Waals surface area contributed by atoms with Crippen LogP contribution in [0.3, 0.4) is 0 Å². The highest BCUT2D eigenvalue weighted by molar-refractivity contribution is 9.13. The Hall–Kier alpha value is -1.01. The second kappa shape index (κ2) is 5.32. The molecule has 0 atom stereocenters. The van der Waals surface area contributed by atoms with Crippen molar-refractivity contribution in [2.45, 2.75) is 6.92 Å². The van der Waals surface area contributed by atoms with Crippen LogP contribution in [-0.2, 0) is 0 Å². The van der Waals surface area contributed by atoms with Crippen molar-refractivity contribution in [2.24, 2.45) is 0 Å². The Bertz CT molecular complexity index is 602. The van der Waals surface area contributed by atoms with Gasteiger partial charge >= 0.3 is 0 Å². The van der Waals surface area contributed by atoms with E-state index >= 15 is 0 Å². The molecule has 0 spiro atoms. The van der Waals surface area contributed by atoms with Crippen molar-refractivity contribution in [3.63, 3.8) is 0 Å². The number of rotatable bonds is 2. The number of hydrogen-bond acceptors (Lipinski definition) is 3. The minimum absolute atomic E-state index is 0.205. The molecule has 0 aliphatic heterocycles. The minimum Gasteiger partial charge on any atom is -0.371 e. The molecule has 0 amide bonds. The summed E-state index contributed by atoms with van der Waals surface area (Å²) in [5, 5.41) is 2.73. The summed E-state index contributed by atoms with van der Waals surface area (Å²) >= 11 is 6.82. The number of benzene rings is 1. The van der Waals surface area contributed by atoms with Crippen molar-refractivity contribution in [3.05, 3.63) is 38.7 Å². The lowest BCUT2D eigenvalue weighted by Crippen LogP contribution is -2.03. The minimum atomic E-state index is -0.419. The maximum Gasteiger partial charge on any atom is 0.186 e. The van der Waals surface area contributed by atoms with E-state index in [4.69, 9.17) is 0 Å². The van der Waals surface area contributed by atoms with Crippen LogP contribution >= 0.6 is 31.9 Å². The predicted molar refractivity (Wildman–Crippen MR) is 77.1 cm³/mol. The summed E-state index contributed by atoms with van der Waals surface area (Å²) in [6.07, 6.45) is 0. The molecule has 0 saturated carbocycles. The zero-order chi connectivity index (χ0) is 13.3. The molecular formula is C12H10Br2FN3. The average Bonchev–Trinajstić information content (AvgIpc) is 2.36. The number of nitrogens with zero attached hydrogens (tertiary/aromatic N) is 2. The molecule has 0 fully saturated rings. The summed E-state index contributed by atoms with van der Waals surface area (Å²) < 4.78 is 15.5. The molecule has 6 heteroatoms.